The van der Waals surface area contributed by atoms with E-state index in [9.17, 15) is 4.79 Å². The minimum atomic E-state index is 0.104. The van der Waals surface area contributed by atoms with Crippen LogP contribution < -0.4 is 10.2 Å². The average molecular weight is 317 g/mol. The molecule has 2 saturated heterocycles. The number of anilines is 1. The molecule has 5 nitrogen and oxygen atoms in total. The van der Waals surface area contributed by atoms with Crippen molar-refractivity contribution in [3.05, 3.63) is 29.8 Å². The van der Waals surface area contributed by atoms with Gasteiger partial charge in [0.15, 0.2) is 0 Å². The molecule has 0 spiro atoms. The highest BCUT2D eigenvalue weighted by Crippen LogP contribution is 2.20. The maximum absolute atomic E-state index is 12.0. The van der Waals surface area contributed by atoms with E-state index in [0.717, 1.165) is 51.5 Å². The Morgan fingerprint density at radius 1 is 1.04 bits per heavy atom. The largest absolute Gasteiger partial charge is 0.379 e. The standard InChI is InChI=1S/C18H27N3O2/c22-18(19-7-10-20-11-13-23-14-12-20)15-16-3-5-17(6-4-16)21-8-1-2-9-21/h3-6H,1-2,7-15H2,(H,19,22). The SMILES string of the molecule is O=C(Cc1ccc(N2CCCC2)cc1)NCCN1CCOCC1. The maximum Gasteiger partial charge on any atom is 0.224 e. The highest BCUT2D eigenvalue weighted by molar-refractivity contribution is 5.78. The highest BCUT2D eigenvalue weighted by atomic mass is 16.5. The molecule has 2 aliphatic heterocycles. The zero-order valence-corrected chi connectivity index (χ0v) is 13.8. The summed E-state index contributed by atoms with van der Waals surface area (Å²) in [5.74, 6) is 0.104. The van der Waals surface area contributed by atoms with Crippen LogP contribution in [0.15, 0.2) is 24.3 Å². The Morgan fingerprint density at radius 3 is 2.43 bits per heavy atom. The number of nitrogens with zero attached hydrogens (tertiary/aromatic N) is 2. The van der Waals surface area contributed by atoms with Gasteiger partial charge in [-0.15, -0.1) is 0 Å². The first-order chi connectivity index (χ1) is 11.3. The zero-order valence-electron chi connectivity index (χ0n) is 13.8. The molecule has 1 N–H and O–H groups in total. The summed E-state index contributed by atoms with van der Waals surface area (Å²) in [6.07, 6.45) is 3.03. The third kappa shape index (κ3) is 4.94. The lowest BCUT2D eigenvalue weighted by atomic mass is 10.1. The summed E-state index contributed by atoms with van der Waals surface area (Å²) in [4.78, 5) is 16.8. The molecule has 0 radical (unpaired) electrons. The zero-order chi connectivity index (χ0) is 15.9. The van der Waals surface area contributed by atoms with E-state index in [2.05, 4.69) is 39.4 Å². The van der Waals surface area contributed by atoms with Crippen molar-refractivity contribution in [2.24, 2.45) is 0 Å². The van der Waals surface area contributed by atoms with Crippen LogP contribution in [0, 0.1) is 0 Å². The molecule has 0 aliphatic carbocycles. The number of ether oxygens (including phenoxy) is 1. The quantitative estimate of drug-likeness (QED) is 0.858. The second kappa shape index (κ2) is 8.31. The van der Waals surface area contributed by atoms with Crippen molar-refractivity contribution >= 4 is 11.6 Å². The Morgan fingerprint density at radius 2 is 1.74 bits per heavy atom. The lowest BCUT2D eigenvalue weighted by Crippen LogP contribution is -2.41. The van der Waals surface area contributed by atoms with E-state index >= 15 is 0 Å². The number of rotatable bonds is 6. The second-order valence-electron chi connectivity index (χ2n) is 6.34. The molecule has 1 aromatic rings. The molecular formula is C18H27N3O2. The van der Waals surface area contributed by atoms with Crippen LogP contribution in [-0.4, -0.2) is 63.3 Å². The van der Waals surface area contributed by atoms with E-state index in [4.69, 9.17) is 4.74 Å². The Balaban J connectivity index is 1.38. The number of carbonyl (C=O) groups is 1. The molecule has 5 heteroatoms. The Kier molecular flexibility index (Phi) is 5.88. The van der Waals surface area contributed by atoms with Crippen LogP contribution >= 0.6 is 0 Å². The van der Waals surface area contributed by atoms with Gasteiger partial charge in [-0.3, -0.25) is 9.69 Å². The van der Waals surface area contributed by atoms with E-state index < -0.39 is 0 Å². The maximum atomic E-state index is 12.0. The number of nitrogens with one attached hydrogen (secondary N) is 1. The van der Waals surface area contributed by atoms with Crippen LogP contribution in [-0.2, 0) is 16.0 Å². The molecule has 23 heavy (non-hydrogen) atoms. The van der Waals surface area contributed by atoms with E-state index in [-0.39, 0.29) is 5.91 Å². The minimum Gasteiger partial charge on any atom is -0.379 e. The van der Waals surface area contributed by atoms with Gasteiger partial charge < -0.3 is 15.0 Å². The molecule has 0 atom stereocenters. The predicted octanol–water partition coefficient (Wildman–Crippen LogP) is 1.28. The summed E-state index contributed by atoms with van der Waals surface area (Å²) in [7, 11) is 0. The molecule has 126 valence electrons. The fraction of sp³-hybridized carbons (Fsp3) is 0.611. The van der Waals surface area contributed by atoms with E-state index in [1.807, 2.05) is 0 Å². The molecule has 2 aliphatic rings. The molecule has 1 aromatic carbocycles. The fourth-order valence-corrected chi connectivity index (χ4v) is 3.23. The van der Waals surface area contributed by atoms with Crippen LogP contribution in [0.2, 0.25) is 0 Å². The Labute approximate surface area is 138 Å². The lowest BCUT2D eigenvalue weighted by molar-refractivity contribution is -0.120. The summed E-state index contributed by atoms with van der Waals surface area (Å²) in [5, 5.41) is 3.02. The molecular weight excluding hydrogens is 290 g/mol. The third-order valence-electron chi connectivity index (χ3n) is 4.63. The van der Waals surface area contributed by atoms with Gasteiger partial charge in [0, 0.05) is 45.0 Å². The van der Waals surface area contributed by atoms with E-state index in [0.29, 0.717) is 13.0 Å². The van der Waals surface area contributed by atoms with Gasteiger partial charge in [-0.05, 0) is 30.5 Å². The number of amides is 1. The van der Waals surface area contributed by atoms with Crippen molar-refractivity contribution in [1.82, 2.24) is 10.2 Å². The van der Waals surface area contributed by atoms with Crippen molar-refractivity contribution in [3.8, 4) is 0 Å². The van der Waals surface area contributed by atoms with Gasteiger partial charge in [-0.1, -0.05) is 12.1 Å². The molecule has 1 amide bonds. The molecule has 3 rings (SSSR count). The van der Waals surface area contributed by atoms with Gasteiger partial charge in [0.05, 0.1) is 19.6 Å². The molecule has 0 aromatic heterocycles. The topological polar surface area (TPSA) is 44.8 Å². The van der Waals surface area contributed by atoms with Gasteiger partial charge in [0.25, 0.3) is 0 Å². The third-order valence-corrected chi connectivity index (χ3v) is 4.63. The summed E-state index contributed by atoms with van der Waals surface area (Å²) in [5.41, 5.74) is 2.36. The summed E-state index contributed by atoms with van der Waals surface area (Å²) >= 11 is 0. The van der Waals surface area contributed by atoms with Crippen LogP contribution in [0.3, 0.4) is 0 Å². The van der Waals surface area contributed by atoms with Gasteiger partial charge >= 0.3 is 0 Å². The lowest BCUT2D eigenvalue weighted by Gasteiger charge is -2.26. The predicted molar refractivity (Wildman–Crippen MR) is 91.9 cm³/mol. The monoisotopic (exact) mass is 317 g/mol. The minimum absolute atomic E-state index is 0.104. The second-order valence-corrected chi connectivity index (χ2v) is 6.34. The number of hydrogen-bond acceptors (Lipinski definition) is 4. The van der Waals surface area contributed by atoms with Crippen molar-refractivity contribution in [2.75, 3.05) is 57.4 Å². The van der Waals surface area contributed by atoms with Crippen LogP contribution in [0.5, 0.6) is 0 Å². The van der Waals surface area contributed by atoms with Crippen LogP contribution in [0.25, 0.3) is 0 Å². The van der Waals surface area contributed by atoms with Gasteiger partial charge in [0.1, 0.15) is 0 Å². The first-order valence-corrected chi connectivity index (χ1v) is 8.72. The molecule has 0 bridgehead atoms. The molecule has 0 unspecified atom stereocenters. The molecule has 0 saturated carbocycles. The van der Waals surface area contributed by atoms with Crippen molar-refractivity contribution in [3.63, 3.8) is 0 Å². The van der Waals surface area contributed by atoms with Crippen LogP contribution in [0.1, 0.15) is 18.4 Å². The highest BCUT2D eigenvalue weighted by Gasteiger charge is 2.13. The van der Waals surface area contributed by atoms with E-state index in [1.54, 1.807) is 0 Å². The first kappa shape index (κ1) is 16.3. The number of carbonyl (C=O) groups excluding carboxylic acids is 1. The van der Waals surface area contributed by atoms with Gasteiger partial charge in [-0.2, -0.15) is 0 Å². The van der Waals surface area contributed by atoms with Crippen molar-refractivity contribution in [2.45, 2.75) is 19.3 Å². The number of hydrogen-bond donors (Lipinski definition) is 1. The smallest absolute Gasteiger partial charge is 0.224 e. The first-order valence-electron chi connectivity index (χ1n) is 8.72. The average Bonchev–Trinajstić information content (AvgIpc) is 3.11. The fourth-order valence-electron chi connectivity index (χ4n) is 3.23. The summed E-state index contributed by atoms with van der Waals surface area (Å²) in [6, 6.07) is 8.44. The van der Waals surface area contributed by atoms with Crippen LogP contribution in [0.4, 0.5) is 5.69 Å². The van der Waals surface area contributed by atoms with Gasteiger partial charge in [0.2, 0.25) is 5.91 Å². The van der Waals surface area contributed by atoms with Gasteiger partial charge in [-0.25, -0.2) is 0 Å². The normalized spacial score (nSPS) is 19.0. The number of morpholine rings is 1. The Bertz CT molecular complexity index is 491. The summed E-state index contributed by atoms with van der Waals surface area (Å²) in [6.45, 7) is 7.47. The molecule has 2 fully saturated rings. The molecule has 2 heterocycles. The Hall–Kier alpha value is -1.59. The van der Waals surface area contributed by atoms with Crippen molar-refractivity contribution in [1.29, 1.82) is 0 Å². The number of benzene rings is 1. The summed E-state index contributed by atoms with van der Waals surface area (Å²) < 4.78 is 5.32. The van der Waals surface area contributed by atoms with E-state index in [1.165, 1.54) is 18.5 Å². The van der Waals surface area contributed by atoms with Crippen molar-refractivity contribution < 1.29 is 9.53 Å².